The molecule has 0 saturated carbocycles. The maximum Gasteiger partial charge on any atom is 0.416 e. The summed E-state index contributed by atoms with van der Waals surface area (Å²) in [5.41, 5.74) is 1.23. The fourth-order valence-electron chi connectivity index (χ4n) is 4.00. The highest BCUT2D eigenvalue weighted by molar-refractivity contribution is 5.42. The summed E-state index contributed by atoms with van der Waals surface area (Å²) in [5.74, 6) is 0.827. The Kier molecular flexibility index (Phi) is 5.99. The summed E-state index contributed by atoms with van der Waals surface area (Å²) in [7, 11) is 0. The van der Waals surface area contributed by atoms with E-state index in [4.69, 9.17) is 4.74 Å². The van der Waals surface area contributed by atoms with Crippen LogP contribution in [0.4, 0.5) is 13.2 Å². The Hall–Kier alpha value is -2.54. The third-order valence-corrected chi connectivity index (χ3v) is 5.66. The Balaban J connectivity index is 1.24. The quantitative estimate of drug-likeness (QED) is 0.729. The lowest BCUT2D eigenvalue weighted by atomic mass is 9.97. The molecule has 2 aromatic rings. The van der Waals surface area contributed by atoms with Gasteiger partial charge in [0, 0.05) is 25.6 Å². The molecule has 0 spiro atoms. The molecule has 0 bridgehead atoms. The molecule has 2 aliphatic rings. The van der Waals surface area contributed by atoms with Gasteiger partial charge in [0.15, 0.2) is 0 Å². The Morgan fingerprint density at radius 2 is 1.93 bits per heavy atom. The van der Waals surface area contributed by atoms with Crippen LogP contribution in [0.3, 0.4) is 0 Å². The zero-order valence-corrected chi connectivity index (χ0v) is 16.7. The van der Waals surface area contributed by atoms with Crippen LogP contribution in [0.2, 0.25) is 0 Å². The second-order valence-corrected chi connectivity index (χ2v) is 7.84. The number of ether oxygens (including phenoxy) is 1. The number of aliphatic hydroxyl groups is 1. The van der Waals surface area contributed by atoms with Crippen LogP contribution in [0.5, 0.6) is 5.88 Å². The summed E-state index contributed by atoms with van der Waals surface area (Å²) in [5, 5.41) is 11.5. The number of rotatable bonds is 6. The van der Waals surface area contributed by atoms with Gasteiger partial charge in [-0.1, -0.05) is 12.1 Å². The van der Waals surface area contributed by atoms with Gasteiger partial charge in [-0.05, 0) is 66.8 Å². The minimum absolute atomic E-state index is 0.311. The number of alkyl halides is 3. The van der Waals surface area contributed by atoms with Gasteiger partial charge >= 0.3 is 6.18 Å². The van der Waals surface area contributed by atoms with Crippen LogP contribution < -0.4 is 15.3 Å². The number of halogens is 3. The smallest absolute Gasteiger partial charge is 0.416 e. The summed E-state index contributed by atoms with van der Waals surface area (Å²) in [6, 6.07) is 7.82. The van der Waals surface area contributed by atoms with E-state index >= 15 is 0 Å². The van der Waals surface area contributed by atoms with Gasteiger partial charge in [-0.15, -0.1) is 0 Å². The van der Waals surface area contributed by atoms with Crippen LogP contribution in [-0.2, 0) is 19.1 Å². The standard InChI is InChI=1S/C23H25F3N2O2/c24-23(25,26)19-8-6-18-15-28(12-10-17(18)14-19)11-1-2-13-30-21-9-7-16-4-3-5-20(29)22(16)27-21/h4,6-9,14,29H,1-3,5,10-13,15H2. The molecule has 1 aromatic heterocycles. The van der Waals surface area contributed by atoms with Gasteiger partial charge in [-0.2, -0.15) is 13.2 Å². The maximum atomic E-state index is 12.9. The lowest BCUT2D eigenvalue weighted by molar-refractivity contribution is -0.137. The highest BCUT2D eigenvalue weighted by Crippen LogP contribution is 2.32. The van der Waals surface area contributed by atoms with Gasteiger partial charge in [0.1, 0.15) is 11.1 Å². The minimum atomic E-state index is -4.28. The van der Waals surface area contributed by atoms with Gasteiger partial charge in [0.2, 0.25) is 5.88 Å². The molecular formula is C23H25F3N2O2. The summed E-state index contributed by atoms with van der Waals surface area (Å²) in [4.78, 5) is 6.67. The second kappa shape index (κ2) is 8.68. The van der Waals surface area contributed by atoms with E-state index < -0.39 is 11.7 Å². The molecule has 2 heterocycles. The predicted octanol–water partition coefficient (Wildman–Crippen LogP) is 3.56. The van der Waals surface area contributed by atoms with Crippen molar-refractivity contribution in [2.75, 3.05) is 19.7 Å². The van der Waals surface area contributed by atoms with Crippen LogP contribution in [0.1, 0.15) is 42.4 Å². The van der Waals surface area contributed by atoms with Gasteiger partial charge < -0.3 is 9.84 Å². The van der Waals surface area contributed by atoms with E-state index in [-0.39, 0.29) is 0 Å². The fraction of sp³-hybridized carbons (Fsp3) is 0.435. The van der Waals surface area contributed by atoms with E-state index in [1.165, 1.54) is 12.1 Å². The average molecular weight is 418 g/mol. The topological polar surface area (TPSA) is 45.6 Å². The molecule has 1 aliphatic carbocycles. The highest BCUT2D eigenvalue weighted by atomic mass is 19.4. The largest absolute Gasteiger partial charge is 0.510 e. The summed E-state index contributed by atoms with van der Waals surface area (Å²) < 4.78 is 44.3. The molecule has 0 amide bonds. The van der Waals surface area contributed by atoms with Crippen molar-refractivity contribution >= 4 is 11.8 Å². The average Bonchev–Trinajstić information content (AvgIpc) is 2.73. The first-order valence-corrected chi connectivity index (χ1v) is 10.3. The Morgan fingerprint density at radius 3 is 2.77 bits per heavy atom. The number of aromatic nitrogens is 1. The molecule has 1 N–H and O–H groups in total. The zero-order chi connectivity index (χ0) is 21.1. The van der Waals surface area contributed by atoms with Crippen molar-refractivity contribution in [3.63, 3.8) is 0 Å². The number of unbranched alkanes of at least 4 members (excludes halogenated alkanes) is 1. The molecule has 4 nitrogen and oxygen atoms in total. The van der Waals surface area contributed by atoms with E-state index in [1.807, 2.05) is 12.1 Å². The number of hydrogen-bond donors (Lipinski definition) is 1. The van der Waals surface area contributed by atoms with Gasteiger partial charge in [-0.3, -0.25) is 4.90 Å². The number of nitrogens with zero attached hydrogens (tertiary/aromatic N) is 2. The number of fused-ring (bicyclic) bond motifs is 2. The van der Waals surface area contributed by atoms with Crippen molar-refractivity contribution in [1.82, 2.24) is 9.88 Å². The Morgan fingerprint density at radius 1 is 1.07 bits per heavy atom. The van der Waals surface area contributed by atoms with E-state index in [0.717, 1.165) is 48.7 Å². The normalized spacial score (nSPS) is 16.6. The van der Waals surface area contributed by atoms with E-state index in [9.17, 15) is 18.3 Å². The molecule has 0 fully saturated rings. The maximum absolute atomic E-state index is 12.9. The van der Waals surface area contributed by atoms with Crippen molar-refractivity contribution in [1.29, 1.82) is 0 Å². The molecule has 0 saturated heterocycles. The molecule has 0 atom stereocenters. The lowest BCUT2D eigenvalue weighted by Crippen LogP contribution is -2.33. The van der Waals surface area contributed by atoms with Crippen molar-refractivity contribution in [2.24, 2.45) is 0 Å². The van der Waals surface area contributed by atoms with Gasteiger partial charge in [-0.25, -0.2) is 4.98 Å². The van der Waals surface area contributed by atoms with Crippen molar-refractivity contribution < 1.29 is 23.0 Å². The number of hydrogen-bond acceptors (Lipinski definition) is 4. The third kappa shape index (κ3) is 4.78. The van der Waals surface area contributed by atoms with Gasteiger partial charge in [0.05, 0.1) is 12.2 Å². The summed E-state index contributed by atoms with van der Waals surface area (Å²) >= 11 is 0. The van der Waals surface area contributed by atoms with Crippen LogP contribution in [0.15, 0.2) is 30.3 Å². The predicted molar refractivity (Wildman–Crippen MR) is 108 cm³/mol. The zero-order valence-electron chi connectivity index (χ0n) is 16.7. The molecule has 0 unspecified atom stereocenters. The SMILES string of the molecule is OC1=c2nc(OCCCCN3CCc4cc(C(F)(F)F)ccc4C3)ccc2=CCC1. The number of pyridine rings is 1. The van der Waals surface area contributed by atoms with Crippen molar-refractivity contribution in [3.05, 3.63) is 57.6 Å². The van der Waals surface area contributed by atoms with E-state index in [2.05, 4.69) is 16.0 Å². The van der Waals surface area contributed by atoms with Gasteiger partial charge in [0.25, 0.3) is 0 Å². The third-order valence-electron chi connectivity index (χ3n) is 5.66. The van der Waals surface area contributed by atoms with Crippen LogP contribution >= 0.6 is 0 Å². The molecule has 0 radical (unpaired) electrons. The molecule has 30 heavy (non-hydrogen) atoms. The first kappa shape index (κ1) is 20.7. The molecule has 4 rings (SSSR count). The van der Waals surface area contributed by atoms with Crippen LogP contribution in [-0.4, -0.2) is 34.7 Å². The van der Waals surface area contributed by atoms with E-state index in [1.54, 1.807) is 6.07 Å². The molecule has 1 aliphatic heterocycles. The molecule has 160 valence electrons. The monoisotopic (exact) mass is 418 g/mol. The first-order chi connectivity index (χ1) is 14.4. The minimum Gasteiger partial charge on any atom is -0.510 e. The van der Waals surface area contributed by atoms with Crippen molar-refractivity contribution in [3.8, 4) is 5.88 Å². The van der Waals surface area contributed by atoms with Crippen LogP contribution in [0.25, 0.3) is 11.8 Å². The number of aliphatic hydroxyl groups excluding tert-OH is 1. The molecule has 7 heteroatoms. The number of benzene rings is 1. The molecular weight excluding hydrogens is 393 g/mol. The van der Waals surface area contributed by atoms with Crippen LogP contribution in [0, 0.1) is 0 Å². The second-order valence-electron chi connectivity index (χ2n) is 7.84. The Bertz CT molecular complexity index is 1030. The van der Waals surface area contributed by atoms with E-state index in [0.29, 0.717) is 43.0 Å². The Labute approximate surface area is 173 Å². The fourth-order valence-corrected chi connectivity index (χ4v) is 4.00. The highest BCUT2D eigenvalue weighted by Gasteiger charge is 2.31. The summed E-state index contributed by atoms with van der Waals surface area (Å²) in [6.45, 7) is 2.88. The van der Waals surface area contributed by atoms with Crippen molar-refractivity contribution in [2.45, 2.75) is 44.8 Å². The lowest BCUT2D eigenvalue weighted by Gasteiger charge is -2.29. The molecule has 1 aromatic carbocycles. The first-order valence-electron chi connectivity index (χ1n) is 10.3. The summed E-state index contributed by atoms with van der Waals surface area (Å²) in [6.07, 6.45) is 1.65.